The summed E-state index contributed by atoms with van der Waals surface area (Å²) in [4.78, 5) is 0. The van der Waals surface area contributed by atoms with Gasteiger partial charge in [0.25, 0.3) is 0 Å². The Labute approximate surface area is 145 Å². The molecule has 0 saturated heterocycles. The minimum Gasteiger partial charge on any atom is -0.464 e. The van der Waals surface area contributed by atoms with Crippen LogP contribution in [0.25, 0.3) is 17.4 Å². The lowest BCUT2D eigenvalue weighted by Gasteiger charge is -2.33. The Hall–Kier alpha value is -2.06. The molecule has 1 aromatic carbocycles. The SMILES string of the molecule is CC1=Cc2c(-c3occc3C)cccc2C1[Si](C)(C)C1=CC=CC1. The zero-order valence-corrected chi connectivity index (χ0v) is 15.9. The molecule has 0 radical (unpaired) electrons. The number of fused-ring (bicyclic) bond motifs is 1. The Kier molecular flexibility index (Phi) is 3.54. The van der Waals surface area contributed by atoms with Crippen LogP contribution >= 0.6 is 0 Å². The van der Waals surface area contributed by atoms with Crippen molar-refractivity contribution in [2.75, 3.05) is 0 Å². The van der Waals surface area contributed by atoms with Crippen LogP contribution in [0.3, 0.4) is 0 Å². The molecule has 0 saturated carbocycles. The second-order valence-corrected chi connectivity index (χ2v) is 12.3. The van der Waals surface area contributed by atoms with Crippen molar-refractivity contribution in [3.8, 4) is 11.3 Å². The van der Waals surface area contributed by atoms with Crippen LogP contribution in [0.15, 0.2) is 63.9 Å². The van der Waals surface area contributed by atoms with E-state index in [0.29, 0.717) is 5.54 Å². The summed E-state index contributed by atoms with van der Waals surface area (Å²) in [5.74, 6) is 1.01. The average Bonchev–Trinajstić information content (AvgIpc) is 3.25. The highest BCUT2D eigenvalue weighted by Gasteiger charge is 2.41. The van der Waals surface area contributed by atoms with E-state index in [2.05, 4.69) is 69.4 Å². The van der Waals surface area contributed by atoms with Crippen LogP contribution < -0.4 is 0 Å². The Balaban J connectivity index is 1.85. The van der Waals surface area contributed by atoms with Gasteiger partial charge in [-0.1, -0.05) is 66.4 Å². The van der Waals surface area contributed by atoms with Crippen molar-refractivity contribution in [2.45, 2.75) is 38.9 Å². The van der Waals surface area contributed by atoms with Gasteiger partial charge in [-0.25, -0.2) is 0 Å². The number of hydrogen-bond acceptors (Lipinski definition) is 1. The van der Waals surface area contributed by atoms with E-state index >= 15 is 0 Å². The standard InChI is InChI=1S/C22H24OSi/c1-15-12-13-23-21(15)18-10-7-11-19-20(18)14-16(2)22(19)24(3,4)17-8-5-6-9-17/h5-8,10-14,22H,9H2,1-4H3. The summed E-state index contributed by atoms with van der Waals surface area (Å²) in [5, 5.41) is 1.66. The van der Waals surface area contributed by atoms with Crippen LogP contribution in [0, 0.1) is 6.92 Å². The molecular weight excluding hydrogens is 308 g/mol. The number of hydrogen-bond donors (Lipinski definition) is 0. The lowest BCUT2D eigenvalue weighted by molar-refractivity contribution is 0.580. The number of allylic oxidation sites excluding steroid dienone is 5. The van der Waals surface area contributed by atoms with Gasteiger partial charge in [0.15, 0.2) is 0 Å². The van der Waals surface area contributed by atoms with Crippen LogP contribution in [-0.4, -0.2) is 8.07 Å². The molecule has 2 aliphatic carbocycles. The third kappa shape index (κ3) is 2.21. The first-order valence-corrected chi connectivity index (χ1v) is 11.8. The Morgan fingerprint density at radius 2 is 1.96 bits per heavy atom. The maximum atomic E-state index is 5.79. The molecule has 0 N–H and O–H groups in total. The van der Waals surface area contributed by atoms with E-state index in [1.807, 2.05) is 6.07 Å². The van der Waals surface area contributed by atoms with Gasteiger partial charge in [0.2, 0.25) is 0 Å². The predicted octanol–water partition coefficient (Wildman–Crippen LogP) is 6.43. The summed E-state index contributed by atoms with van der Waals surface area (Å²) in [6.07, 6.45) is 12.2. The highest BCUT2D eigenvalue weighted by atomic mass is 28.3. The van der Waals surface area contributed by atoms with Crippen LogP contribution in [0.2, 0.25) is 13.1 Å². The summed E-state index contributed by atoms with van der Waals surface area (Å²) >= 11 is 0. The van der Waals surface area contributed by atoms with Gasteiger partial charge in [0.05, 0.1) is 14.3 Å². The predicted molar refractivity (Wildman–Crippen MR) is 105 cm³/mol. The summed E-state index contributed by atoms with van der Waals surface area (Å²) in [6, 6.07) is 8.76. The van der Waals surface area contributed by atoms with Crippen molar-refractivity contribution in [3.05, 3.63) is 76.2 Å². The van der Waals surface area contributed by atoms with Gasteiger partial charge >= 0.3 is 0 Å². The molecule has 1 atom stereocenters. The molecule has 0 aliphatic heterocycles. The summed E-state index contributed by atoms with van der Waals surface area (Å²) in [5.41, 5.74) is 7.37. The van der Waals surface area contributed by atoms with Gasteiger partial charge in [-0.15, -0.1) is 0 Å². The molecule has 0 fully saturated rings. The largest absolute Gasteiger partial charge is 0.464 e. The fourth-order valence-corrected chi connectivity index (χ4v) is 8.26. The van der Waals surface area contributed by atoms with E-state index in [4.69, 9.17) is 4.42 Å². The number of aryl methyl sites for hydroxylation is 1. The minimum absolute atomic E-state index is 0.564. The minimum atomic E-state index is -1.57. The number of rotatable bonds is 3. The molecule has 2 aromatic rings. The molecule has 1 heterocycles. The number of furan rings is 1. The first kappa shape index (κ1) is 15.5. The maximum Gasteiger partial charge on any atom is 0.137 e. The van der Waals surface area contributed by atoms with Crippen LogP contribution in [0.4, 0.5) is 0 Å². The molecule has 4 rings (SSSR count). The third-order valence-corrected chi connectivity index (χ3v) is 9.94. The van der Waals surface area contributed by atoms with Gasteiger partial charge in [-0.3, -0.25) is 0 Å². The molecule has 0 spiro atoms. The Morgan fingerprint density at radius 3 is 2.62 bits per heavy atom. The van der Waals surface area contributed by atoms with E-state index in [0.717, 1.165) is 12.2 Å². The van der Waals surface area contributed by atoms with Crippen molar-refractivity contribution in [1.82, 2.24) is 0 Å². The van der Waals surface area contributed by atoms with E-state index < -0.39 is 8.07 Å². The molecule has 1 aromatic heterocycles. The quantitative estimate of drug-likeness (QED) is 0.590. The molecule has 122 valence electrons. The molecule has 24 heavy (non-hydrogen) atoms. The van der Waals surface area contributed by atoms with Crippen molar-refractivity contribution in [2.24, 2.45) is 0 Å². The molecule has 1 unspecified atom stereocenters. The fourth-order valence-electron chi connectivity index (χ4n) is 4.47. The first-order chi connectivity index (χ1) is 11.5. The van der Waals surface area contributed by atoms with Crippen molar-refractivity contribution >= 4 is 14.1 Å². The van der Waals surface area contributed by atoms with Gasteiger partial charge in [-0.05, 0) is 43.0 Å². The average molecular weight is 333 g/mol. The van der Waals surface area contributed by atoms with E-state index in [-0.39, 0.29) is 0 Å². The van der Waals surface area contributed by atoms with Crippen molar-refractivity contribution in [1.29, 1.82) is 0 Å². The smallest absolute Gasteiger partial charge is 0.137 e. The van der Waals surface area contributed by atoms with Crippen molar-refractivity contribution < 1.29 is 4.42 Å². The van der Waals surface area contributed by atoms with Gasteiger partial charge in [0.1, 0.15) is 5.76 Å². The van der Waals surface area contributed by atoms with E-state index in [1.165, 1.54) is 27.8 Å². The van der Waals surface area contributed by atoms with Crippen LogP contribution in [0.1, 0.15) is 35.6 Å². The molecule has 2 heteroatoms. The summed E-state index contributed by atoms with van der Waals surface area (Å²) in [6.45, 7) is 9.47. The molecule has 0 amide bonds. The number of benzene rings is 1. The lowest BCUT2D eigenvalue weighted by Crippen LogP contribution is -2.37. The molecule has 1 nitrogen and oxygen atoms in total. The Bertz CT molecular complexity index is 892. The van der Waals surface area contributed by atoms with Gasteiger partial charge in [-0.2, -0.15) is 0 Å². The topological polar surface area (TPSA) is 13.1 Å². The Morgan fingerprint density at radius 1 is 1.12 bits per heavy atom. The molecule has 2 aliphatic rings. The van der Waals surface area contributed by atoms with Gasteiger partial charge in [0, 0.05) is 11.1 Å². The van der Waals surface area contributed by atoms with E-state index in [9.17, 15) is 0 Å². The zero-order chi connectivity index (χ0) is 16.9. The van der Waals surface area contributed by atoms with Crippen molar-refractivity contribution in [3.63, 3.8) is 0 Å². The second-order valence-electron chi connectivity index (χ2n) is 7.61. The van der Waals surface area contributed by atoms with Crippen LogP contribution in [0.5, 0.6) is 0 Å². The molecule has 0 bridgehead atoms. The molecular formula is C22H24OSi. The van der Waals surface area contributed by atoms with Gasteiger partial charge < -0.3 is 4.42 Å². The third-order valence-electron chi connectivity index (χ3n) is 5.71. The monoisotopic (exact) mass is 332 g/mol. The highest BCUT2D eigenvalue weighted by molar-refractivity contribution is 6.86. The maximum absolute atomic E-state index is 5.79. The summed E-state index contributed by atoms with van der Waals surface area (Å²) in [7, 11) is -1.57. The zero-order valence-electron chi connectivity index (χ0n) is 14.9. The fraction of sp³-hybridized carbons (Fsp3) is 0.273. The lowest BCUT2D eigenvalue weighted by atomic mass is 10.00. The van der Waals surface area contributed by atoms with E-state index in [1.54, 1.807) is 11.5 Å². The summed E-state index contributed by atoms with van der Waals surface area (Å²) < 4.78 is 5.79. The van der Waals surface area contributed by atoms with Crippen LogP contribution in [-0.2, 0) is 0 Å². The second kappa shape index (κ2) is 5.49. The normalized spacial score (nSPS) is 19.4. The highest BCUT2D eigenvalue weighted by Crippen LogP contribution is 2.48. The first-order valence-electron chi connectivity index (χ1n) is 8.72.